The van der Waals surface area contributed by atoms with Gasteiger partial charge >= 0.3 is 6.03 Å². The van der Waals surface area contributed by atoms with Crippen LogP contribution in [0.1, 0.15) is 11.1 Å². The van der Waals surface area contributed by atoms with Crippen molar-refractivity contribution in [2.24, 2.45) is 0 Å². The molecule has 0 bridgehead atoms. The summed E-state index contributed by atoms with van der Waals surface area (Å²) < 4.78 is 12.9. The van der Waals surface area contributed by atoms with Crippen LogP contribution >= 0.6 is 0 Å². The van der Waals surface area contributed by atoms with Gasteiger partial charge in [0.15, 0.2) is 0 Å². The summed E-state index contributed by atoms with van der Waals surface area (Å²) >= 11 is 0. The normalized spacial score (nSPS) is 14.2. The number of urea groups is 1. The third kappa shape index (κ3) is 4.59. The van der Waals surface area contributed by atoms with Crippen LogP contribution in [0.25, 0.3) is 0 Å². The van der Waals surface area contributed by atoms with E-state index in [-0.39, 0.29) is 24.2 Å². The van der Waals surface area contributed by atoms with E-state index in [0.29, 0.717) is 26.2 Å². The summed E-state index contributed by atoms with van der Waals surface area (Å²) in [5, 5.41) is 2.88. The molecule has 0 unspecified atom stereocenters. The lowest BCUT2D eigenvalue weighted by atomic mass is 10.1. The van der Waals surface area contributed by atoms with Crippen LogP contribution in [-0.4, -0.2) is 47.9 Å². The lowest BCUT2D eigenvalue weighted by Crippen LogP contribution is -2.52. The first-order valence-corrected chi connectivity index (χ1v) is 8.66. The maximum absolute atomic E-state index is 12.9. The molecule has 1 saturated heterocycles. The molecule has 2 aromatic carbocycles. The first-order chi connectivity index (χ1) is 12.5. The van der Waals surface area contributed by atoms with Crippen LogP contribution in [0.3, 0.4) is 0 Å². The SMILES string of the molecule is Cc1ccc(NC(=O)N2CCN(C(=O)Cc3ccc(F)cc3)CC2)cc1. The minimum absolute atomic E-state index is 0.00444. The fourth-order valence-corrected chi connectivity index (χ4v) is 2.89. The molecule has 0 atom stereocenters. The zero-order valence-corrected chi connectivity index (χ0v) is 14.7. The summed E-state index contributed by atoms with van der Waals surface area (Å²) in [5.41, 5.74) is 2.68. The summed E-state index contributed by atoms with van der Waals surface area (Å²) in [6, 6.07) is 13.4. The third-order valence-electron chi connectivity index (χ3n) is 4.49. The van der Waals surface area contributed by atoms with Crippen LogP contribution in [0.5, 0.6) is 0 Å². The Hall–Kier alpha value is -2.89. The molecular weight excluding hydrogens is 333 g/mol. The van der Waals surface area contributed by atoms with E-state index in [1.54, 1.807) is 21.9 Å². The Morgan fingerprint density at radius 3 is 2.12 bits per heavy atom. The van der Waals surface area contributed by atoms with Crippen molar-refractivity contribution < 1.29 is 14.0 Å². The molecule has 1 fully saturated rings. The van der Waals surface area contributed by atoms with Crippen molar-refractivity contribution in [1.82, 2.24) is 9.80 Å². The number of halogens is 1. The number of nitrogens with one attached hydrogen (secondary N) is 1. The fraction of sp³-hybridized carbons (Fsp3) is 0.300. The highest BCUT2D eigenvalue weighted by molar-refractivity contribution is 5.89. The Morgan fingerprint density at radius 2 is 1.50 bits per heavy atom. The Kier molecular flexibility index (Phi) is 5.51. The molecule has 0 radical (unpaired) electrons. The van der Waals surface area contributed by atoms with Gasteiger partial charge in [-0.25, -0.2) is 9.18 Å². The van der Waals surface area contributed by atoms with Crippen LogP contribution in [-0.2, 0) is 11.2 Å². The molecule has 6 heteroatoms. The number of benzene rings is 2. The highest BCUT2D eigenvalue weighted by atomic mass is 19.1. The maximum atomic E-state index is 12.9. The number of nitrogens with zero attached hydrogens (tertiary/aromatic N) is 2. The van der Waals surface area contributed by atoms with Gasteiger partial charge in [-0.2, -0.15) is 0 Å². The lowest BCUT2D eigenvalue weighted by molar-refractivity contribution is -0.131. The van der Waals surface area contributed by atoms with E-state index < -0.39 is 0 Å². The average Bonchev–Trinajstić information content (AvgIpc) is 2.65. The summed E-state index contributed by atoms with van der Waals surface area (Å²) in [7, 11) is 0. The van der Waals surface area contributed by atoms with Gasteiger partial charge in [-0.1, -0.05) is 29.8 Å². The minimum atomic E-state index is -0.311. The number of piperazine rings is 1. The number of hydrogen-bond acceptors (Lipinski definition) is 2. The van der Waals surface area contributed by atoms with E-state index in [4.69, 9.17) is 0 Å². The van der Waals surface area contributed by atoms with Crippen molar-refractivity contribution in [3.05, 3.63) is 65.5 Å². The quantitative estimate of drug-likeness (QED) is 0.920. The molecule has 1 aliphatic heterocycles. The molecule has 2 aromatic rings. The van der Waals surface area contributed by atoms with Crippen molar-refractivity contribution in [3.63, 3.8) is 0 Å². The summed E-state index contributed by atoms with van der Waals surface area (Å²) in [6.45, 7) is 3.98. The molecule has 0 saturated carbocycles. The van der Waals surface area contributed by atoms with Crippen molar-refractivity contribution in [2.45, 2.75) is 13.3 Å². The second kappa shape index (κ2) is 7.99. The number of carbonyl (C=O) groups is 2. The van der Waals surface area contributed by atoms with E-state index >= 15 is 0 Å². The molecule has 1 aliphatic rings. The zero-order chi connectivity index (χ0) is 18.5. The first kappa shape index (κ1) is 17.9. The van der Waals surface area contributed by atoms with Gasteiger partial charge in [-0.3, -0.25) is 4.79 Å². The number of aryl methyl sites for hydroxylation is 1. The molecule has 1 heterocycles. The van der Waals surface area contributed by atoms with Gasteiger partial charge in [0.25, 0.3) is 0 Å². The molecule has 3 amide bonds. The second-order valence-electron chi connectivity index (χ2n) is 6.47. The topological polar surface area (TPSA) is 52.7 Å². The highest BCUT2D eigenvalue weighted by Crippen LogP contribution is 2.12. The van der Waals surface area contributed by atoms with Crippen molar-refractivity contribution in [2.75, 3.05) is 31.5 Å². The Balaban J connectivity index is 1.48. The number of anilines is 1. The Bertz CT molecular complexity index is 699. The van der Waals surface area contributed by atoms with Gasteiger partial charge in [-0.05, 0) is 36.8 Å². The molecule has 0 aromatic heterocycles. The van der Waals surface area contributed by atoms with Crippen LogP contribution in [0.2, 0.25) is 0 Å². The van der Waals surface area contributed by atoms with Crippen molar-refractivity contribution in [1.29, 1.82) is 0 Å². The summed E-state index contributed by atoms with van der Waals surface area (Å²) in [6.07, 6.45) is 0.246. The second-order valence-corrected chi connectivity index (χ2v) is 6.47. The lowest BCUT2D eigenvalue weighted by Gasteiger charge is -2.34. The first-order valence-electron chi connectivity index (χ1n) is 8.66. The predicted molar refractivity (Wildman–Crippen MR) is 98.5 cm³/mol. The van der Waals surface area contributed by atoms with Gasteiger partial charge in [-0.15, -0.1) is 0 Å². The van der Waals surface area contributed by atoms with E-state index in [0.717, 1.165) is 16.8 Å². The number of hydrogen-bond donors (Lipinski definition) is 1. The van der Waals surface area contributed by atoms with Crippen molar-refractivity contribution in [3.8, 4) is 0 Å². The zero-order valence-electron chi connectivity index (χ0n) is 14.7. The highest BCUT2D eigenvalue weighted by Gasteiger charge is 2.24. The smallest absolute Gasteiger partial charge is 0.321 e. The monoisotopic (exact) mass is 355 g/mol. The number of carbonyl (C=O) groups excluding carboxylic acids is 2. The minimum Gasteiger partial charge on any atom is -0.339 e. The standard InChI is InChI=1S/C20H22FN3O2/c1-15-2-8-18(9-3-15)22-20(26)24-12-10-23(11-13-24)19(25)14-16-4-6-17(21)7-5-16/h2-9H,10-14H2,1H3,(H,22,26). The Labute approximate surface area is 152 Å². The van der Waals surface area contributed by atoms with Gasteiger partial charge in [0, 0.05) is 31.9 Å². The predicted octanol–water partition coefficient (Wildman–Crippen LogP) is 3.05. The molecule has 5 nitrogen and oxygen atoms in total. The molecular formula is C20H22FN3O2. The molecule has 136 valence electrons. The largest absolute Gasteiger partial charge is 0.339 e. The van der Waals surface area contributed by atoms with Crippen molar-refractivity contribution >= 4 is 17.6 Å². The van der Waals surface area contributed by atoms with Gasteiger partial charge in [0.1, 0.15) is 5.82 Å². The summed E-state index contributed by atoms with van der Waals surface area (Å²) in [5.74, 6) is -0.315. The molecule has 26 heavy (non-hydrogen) atoms. The van der Waals surface area contributed by atoms with E-state index in [1.807, 2.05) is 31.2 Å². The molecule has 1 N–H and O–H groups in total. The number of amides is 3. The van der Waals surface area contributed by atoms with Crippen LogP contribution in [0.4, 0.5) is 14.9 Å². The summed E-state index contributed by atoms with van der Waals surface area (Å²) in [4.78, 5) is 28.2. The number of rotatable bonds is 3. The van der Waals surface area contributed by atoms with E-state index in [1.165, 1.54) is 12.1 Å². The van der Waals surface area contributed by atoms with E-state index in [2.05, 4.69) is 5.32 Å². The van der Waals surface area contributed by atoms with Crippen LogP contribution < -0.4 is 5.32 Å². The molecule has 0 spiro atoms. The van der Waals surface area contributed by atoms with Crippen LogP contribution in [0.15, 0.2) is 48.5 Å². The van der Waals surface area contributed by atoms with E-state index in [9.17, 15) is 14.0 Å². The third-order valence-corrected chi connectivity index (χ3v) is 4.49. The van der Waals surface area contributed by atoms with Gasteiger partial charge < -0.3 is 15.1 Å². The fourth-order valence-electron chi connectivity index (χ4n) is 2.89. The molecule has 0 aliphatic carbocycles. The Morgan fingerprint density at radius 1 is 0.923 bits per heavy atom. The van der Waals surface area contributed by atoms with Crippen LogP contribution in [0, 0.1) is 12.7 Å². The van der Waals surface area contributed by atoms with Gasteiger partial charge in [0.2, 0.25) is 5.91 Å². The average molecular weight is 355 g/mol. The van der Waals surface area contributed by atoms with Gasteiger partial charge in [0.05, 0.1) is 6.42 Å². The maximum Gasteiger partial charge on any atom is 0.321 e. The molecule has 3 rings (SSSR count).